The molecule has 1 atom stereocenters. The van der Waals surface area contributed by atoms with Gasteiger partial charge in [0.05, 0.1) is 6.21 Å². The first kappa shape index (κ1) is 18.7. The predicted molar refractivity (Wildman–Crippen MR) is 109 cm³/mol. The van der Waals surface area contributed by atoms with Gasteiger partial charge in [0.15, 0.2) is 6.61 Å². The molecular weight excluding hydrogens is 338 g/mol. The fraction of sp³-hybridized carbons (Fsp3) is 0.273. The molecule has 5 heteroatoms. The first-order valence-corrected chi connectivity index (χ1v) is 9.28. The first-order chi connectivity index (χ1) is 13.2. The highest BCUT2D eigenvalue weighted by molar-refractivity contribution is 5.99. The zero-order valence-electron chi connectivity index (χ0n) is 15.7. The van der Waals surface area contributed by atoms with Gasteiger partial charge in [-0.1, -0.05) is 50.6 Å². The molecule has 3 aromatic rings. The number of carbonyl (C=O) groups is 1. The largest absolute Gasteiger partial charge is 0.484 e. The standard InChI is InChI=1S/C22H25N3O2/c1-3-6-16(2)17-9-11-19(12-10-17)27-15-22(26)25-24-14-18-13-23-21-8-5-4-7-20(18)21/h4-5,7-14,16,23H,3,6,15H2,1-2H3,(H,25,26). The van der Waals surface area contributed by atoms with E-state index in [1.54, 1.807) is 6.21 Å². The van der Waals surface area contributed by atoms with Crippen LogP contribution in [0.1, 0.15) is 43.7 Å². The third-order valence-corrected chi connectivity index (χ3v) is 4.55. The van der Waals surface area contributed by atoms with Crippen LogP contribution in [0.3, 0.4) is 0 Å². The van der Waals surface area contributed by atoms with E-state index in [4.69, 9.17) is 4.74 Å². The van der Waals surface area contributed by atoms with Crippen LogP contribution >= 0.6 is 0 Å². The number of hydrogen-bond donors (Lipinski definition) is 2. The third-order valence-electron chi connectivity index (χ3n) is 4.55. The van der Waals surface area contributed by atoms with Gasteiger partial charge in [-0.05, 0) is 36.1 Å². The number of nitrogens with one attached hydrogen (secondary N) is 2. The van der Waals surface area contributed by atoms with Crippen molar-refractivity contribution in [3.63, 3.8) is 0 Å². The van der Waals surface area contributed by atoms with Crippen LogP contribution < -0.4 is 10.2 Å². The number of para-hydroxylation sites is 1. The molecule has 0 saturated carbocycles. The average molecular weight is 363 g/mol. The number of fused-ring (bicyclic) bond motifs is 1. The summed E-state index contributed by atoms with van der Waals surface area (Å²) in [6.45, 7) is 4.33. The Morgan fingerprint density at radius 2 is 2.00 bits per heavy atom. The highest BCUT2D eigenvalue weighted by atomic mass is 16.5. The average Bonchev–Trinajstić information content (AvgIpc) is 3.10. The SMILES string of the molecule is CCCC(C)c1ccc(OCC(=O)NN=Cc2c[nH]c3ccccc23)cc1. The van der Waals surface area contributed by atoms with Crippen molar-refractivity contribution in [3.05, 3.63) is 65.9 Å². The van der Waals surface area contributed by atoms with Gasteiger partial charge in [-0.25, -0.2) is 5.43 Å². The Balaban J connectivity index is 1.48. The van der Waals surface area contributed by atoms with Crippen LogP contribution in [0, 0.1) is 0 Å². The Bertz CT molecular complexity index is 913. The summed E-state index contributed by atoms with van der Waals surface area (Å²) < 4.78 is 5.53. The van der Waals surface area contributed by atoms with Crippen molar-refractivity contribution in [1.82, 2.24) is 10.4 Å². The number of carbonyl (C=O) groups excluding carboxylic acids is 1. The minimum absolute atomic E-state index is 0.0743. The summed E-state index contributed by atoms with van der Waals surface area (Å²) in [5.41, 5.74) is 5.74. The van der Waals surface area contributed by atoms with Crippen LogP contribution in [-0.4, -0.2) is 23.7 Å². The number of benzene rings is 2. The summed E-state index contributed by atoms with van der Waals surface area (Å²) in [6, 6.07) is 15.9. The van der Waals surface area contributed by atoms with Gasteiger partial charge in [0.25, 0.3) is 5.91 Å². The zero-order valence-corrected chi connectivity index (χ0v) is 15.7. The lowest BCUT2D eigenvalue weighted by atomic mass is 9.97. The molecule has 1 unspecified atom stereocenters. The second kappa shape index (κ2) is 9.03. The van der Waals surface area contributed by atoms with Crippen LogP contribution in [0.4, 0.5) is 0 Å². The van der Waals surface area contributed by atoms with Gasteiger partial charge in [0, 0.05) is 22.7 Å². The molecule has 27 heavy (non-hydrogen) atoms. The van der Waals surface area contributed by atoms with E-state index < -0.39 is 0 Å². The fourth-order valence-corrected chi connectivity index (χ4v) is 3.05. The summed E-state index contributed by atoms with van der Waals surface area (Å²) in [4.78, 5) is 15.1. The van der Waals surface area contributed by atoms with E-state index in [1.165, 1.54) is 12.0 Å². The Kier molecular flexibility index (Phi) is 6.26. The minimum atomic E-state index is -0.297. The van der Waals surface area contributed by atoms with Crippen LogP contribution in [-0.2, 0) is 4.79 Å². The minimum Gasteiger partial charge on any atom is -0.484 e. The fourth-order valence-electron chi connectivity index (χ4n) is 3.05. The van der Waals surface area contributed by atoms with Crippen LogP contribution in [0.5, 0.6) is 5.75 Å². The summed E-state index contributed by atoms with van der Waals surface area (Å²) >= 11 is 0. The molecule has 1 amide bonds. The number of amides is 1. The smallest absolute Gasteiger partial charge is 0.277 e. The first-order valence-electron chi connectivity index (χ1n) is 9.28. The van der Waals surface area contributed by atoms with Gasteiger partial charge < -0.3 is 9.72 Å². The monoisotopic (exact) mass is 363 g/mol. The zero-order chi connectivity index (χ0) is 19.1. The number of H-pyrrole nitrogens is 1. The van der Waals surface area contributed by atoms with Crippen molar-refractivity contribution in [2.24, 2.45) is 5.10 Å². The van der Waals surface area contributed by atoms with E-state index in [-0.39, 0.29) is 12.5 Å². The molecule has 0 aliphatic heterocycles. The Hall–Kier alpha value is -3.08. The molecule has 1 heterocycles. The number of aromatic amines is 1. The molecule has 0 bridgehead atoms. The maximum atomic E-state index is 11.9. The summed E-state index contributed by atoms with van der Waals surface area (Å²) in [5.74, 6) is 0.916. The Labute approximate surface area is 159 Å². The normalized spacial score (nSPS) is 12.4. The van der Waals surface area contributed by atoms with Gasteiger partial charge in [0.2, 0.25) is 0 Å². The molecule has 5 nitrogen and oxygen atoms in total. The van der Waals surface area contributed by atoms with Gasteiger partial charge in [-0.3, -0.25) is 4.79 Å². The lowest BCUT2D eigenvalue weighted by molar-refractivity contribution is -0.123. The summed E-state index contributed by atoms with van der Waals surface area (Å²) in [7, 11) is 0. The maximum absolute atomic E-state index is 11.9. The van der Waals surface area contributed by atoms with E-state index in [9.17, 15) is 4.79 Å². The summed E-state index contributed by atoms with van der Waals surface area (Å²) in [5, 5.41) is 5.07. The molecule has 0 spiro atoms. The van der Waals surface area contributed by atoms with E-state index in [1.807, 2.05) is 42.6 Å². The van der Waals surface area contributed by atoms with Crippen LogP contribution in [0.15, 0.2) is 59.8 Å². The van der Waals surface area contributed by atoms with Crippen molar-refractivity contribution < 1.29 is 9.53 Å². The maximum Gasteiger partial charge on any atom is 0.277 e. The summed E-state index contributed by atoms with van der Waals surface area (Å²) in [6.07, 6.45) is 5.81. The van der Waals surface area contributed by atoms with E-state index >= 15 is 0 Å². The van der Waals surface area contributed by atoms with E-state index in [0.29, 0.717) is 11.7 Å². The Morgan fingerprint density at radius 1 is 1.22 bits per heavy atom. The number of hydrogen-bond acceptors (Lipinski definition) is 3. The van der Waals surface area contributed by atoms with Gasteiger partial charge in [0.1, 0.15) is 5.75 Å². The number of ether oxygens (including phenoxy) is 1. The molecule has 1 aromatic heterocycles. The molecule has 2 aromatic carbocycles. The predicted octanol–water partition coefficient (Wildman–Crippen LogP) is 4.60. The second-order valence-electron chi connectivity index (χ2n) is 6.63. The number of rotatable bonds is 8. The topological polar surface area (TPSA) is 66.5 Å². The van der Waals surface area contributed by atoms with Gasteiger partial charge >= 0.3 is 0 Å². The highest BCUT2D eigenvalue weighted by Crippen LogP contribution is 2.22. The molecule has 0 aliphatic carbocycles. The number of hydrazone groups is 1. The molecule has 0 aliphatic rings. The number of aromatic nitrogens is 1. The molecule has 2 N–H and O–H groups in total. The van der Waals surface area contributed by atoms with Crippen LogP contribution in [0.25, 0.3) is 10.9 Å². The Morgan fingerprint density at radius 3 is 2.78 bits per heavy atom. The number of nitrogens with zero attached hydrogens (tertiary/aromatic N) is 1. The quantitative estimate of drug-likeness (QED) is 0.454. The molecule has 0 radical (unpaired) electrons. The van der Waals surface area contributed by atoms with E-state index in [2.05, 4.69) is 41.5 Å². The molecule has 0 fully saturated rings. The lowest BCUT2D eigenvalue weighted by Crippen LogP contribution is -2.24. The second-order valence-corrected chi connectivity index (χ2v) is 6.63. The van der Waals surface area contributed by atoms with Crippen molar-refractivity contribution in [2.45, 2.75) is 32.6 Å². The van der Waals surface area contributed by atoms with Crippen LogP contribution in [0.2, 0.25) is 0 Å². The van der Waals surface area contributed by atoms with E-state index in [0.717, 1.165) is 22.9 Å². The third kappa shape index (κ3) is 4.97. The van der Waals surface area contributed by atoms with Crippen molar-refractivity contribution in [3.8, 4) is 5.75 Å². The lowest BCUT2D eigenvalue weighted by Gasteiger charge is -2.11. The van der Waals surface area contributed by atoms with Crippen molar-refractivity contribution >= 4 is 23.0 Å². The van der Waals surface area contributed by atoms with Crippen molar-refractivity contribution in [1.29, 1.82) is 0 Å². The van der Waals surface area contributed by atoms with Gasteiger partial charge in [-0.15, -0.1) is 0 Å². The van der Waals surface area contributed by atoms with Crippen molar-refractivity contribution in [2.75, 3.05) is 6.61 Å². The molecule has 3 rings (SSSR count). The van der Waals surface area contributed by atoms with Gasteiger partial charge in [-0.2, -0.15) is 5.10 Å². The highest BCUT2D eigenvalue weighted by Gasteiger charge is 2.06. The molecule has 0 saturated heterocycles. The molecular formula is C22H25N3O2. The molecule has 140 valence electrons.